The molecular formula is C18H16FN3O2. The molecule has 0 aliphatic carbocycles. The van der Waals surface area contributed by atoms with Gasteiger partial charge in [-0.25, -0.2) is 4.39 Å². The van der Waals surface area contributed by atoms with Crippen LogP contribution in [0.2, 0.25) is 0 Å². The zero-order chi connectivity index (χ0) is 17.3. The molecule has 0 bridgehead atoms. The molecule has 2 aromatic carbocycles. The van der Waals surface area contributed by atoms with Crippen LogP contribution in [0.3, 0.4) is 0 Å². The number of halogens is 1. The molecule has 4 N–H and O–H groups in total. The molecule has 0 unspecified atom stereocenters. The molecule has 0 saturated heterocycles. The number of ether oxygens (including phenoxy) is 1. The minimum atomic E-state index is -0.529. The maximum atomic E-state index is 13.4. The van der Waals surface area contributed by atoms with Crippen LogP contribution in [-0.2, 0) is 0 Å². The lowest BCUT2D eigenvalue weighted by atomic mass is 9.91. The third-order valence-electron chi connectivity index (χ3n) is 3.75. The van der Waals surface area contributed by atoms with E-state index >= 15 is 0 Å². The molecule has 24 heavy (non-hydrogen) atoms. The highest BCUT2D eigenvalue weighted by Gasteiger charge is 2.19. The Balaban J connectivity index is 2.09. The molecule has 1 heterocycles. The lowest BCUT2D eigenvalue weighted by Crippen LogP contribution is -2.24. The fourth-order valence-corrected chi connectivity index (χ4v) is 2.69. The van der Waals surface area contributed by atoms with E-state index in [4.69, 9.17) is 16.2 Å². The molecule has 0 saturated carbocycles. The average Bonchev–Trinajstić information content (AvgIpc) is 2.53. The molecule has 1 aliphatic rings. The van der Waals surface area contributed by atoms with Crippen LogP contribution in [0.25, 0.3) is 5.57 Å². The average molecular weight is 325 g/mol. The summed E-state index contributed by atoms with van der Waals surface area (Å²) in [5.41, 5.74) is 14.2. The van der Waals surface area contributed by atoms with Crippen molar-refractivity contribution in [2.24, 2.45) is 16.5 Å². The van der Waals surface area contributed by atoms with E-state index in [2.05, 4.69) is 4.99 Å². The lowest BCUT2D eigenvalue weighted by molar-refractivity contribution is 0.100. The molecule has 2 aromatic rings. The zero-order valence-corrected chi connectivity index (χ0v) is 13.0. The zero-order valence-electron chi connectivity index (χ0n) is 13.0. The Hall–Kier alpha value is -3.15. The fourth-order valence-electron chi connectivity index (χ4n) is 2.69. The Morgan fingerprint density at radius 3 is 2.67 bits per heavy atom. The van der Waals surface area contributed by atoms with Crippen LogP contribution in [0, 0.1) is 12.7 Å². The summed E-state index contributed by atoms with van der Waals surface area (Å²) in [6.45, 7) is 2.24. The molecule has 0 fully saturated rings. The Bertz CT molecular complexity index is 884. The van der Waals surface area contributed by atoms with Gasteiger partial charge < -0.3 is 16.2 Å². The summed E-state index contributed by atoms with van der Waals surface area (Å²) in [6.07, 6.45) is 1.90. The normalized spacial score (nSPS) is 12.7. The molecule has 122 valence electrons. The van der Waals surface area contributed by atoms with Crippen LogP contribution in [-0.4, -0.2) is 18.5 Å². The van der Waals surface area contributed by atoms with Gasteiger partial charge >= 0.3 is 0 Å². The summed E-state index contributed by atoms with van der Waals surface area (Å²) < 4.78 is 19.0. The van der Waals surface area contributed by atoms with Gasteiger partial charge in [-0.15, -0.1) is 0 Å². The second-order valence-corrected chi connectivity index (χ2v) is 5.44. The molecular weight excluding hydrogens is 309 g/mol. The maximum Gasteiger partial charge on any atom is 0.280 e. The highest BCUT2D eigenvalue weighted by molar-refractivity contribution is 6.03. The van der Waals surface area contributed by atoms with Crippen LogP contribution in [0.1, 0.15) is 27.0 Å². The van der Waals surface area contributed by atoms with Crippen molar-refractivity contribution in [1.82, 2.24) is 0 Å². The predicted octanol–water partition coefficient (Wildman–Crippen LogP) is 2.37. The molecule has 0 aromatic heterocycles. The molecule has 1 amide bonds. The van der Waals surface area contributed by atoms with E-state index < -0.39 is 5.91 Å². The van der Waals surface area contributed by atoms with Crippen molar-refractivity contribution >= 4 is 17.4 Å². The van der Waals surface area contributed by atoms with Crippen molar-refractivity contribution in [3.05, 3.63) is 70.5 Å². The molecule has 1 aliphatic heterocycles. The van der Waals surface area contributed by atoms with Crippen molar-refractivity contribution in [2.45, 2.75) is 6.92 Å². The van der Waals surface area contributed by atoms with Gasteiger partial charge in [0.2, 0.25) is 0 Å². The maximum absolute atomic E-state index is 13.4. The van der Waals surface area contributed by atoms with Crippen molar-refractivity contribution in [1.29, 1.82) is 0 Å². The summed E-state index contributed by atoms with van der Waals surface area (Å²) in [5.74, 6) is -0.462. The predicted molar refractivity (Wildman–Crippen MR) is 90.3 cm³/mol. The molecule has 5 nitrogen and oxygen atoms in total. The first-order valence-electron chi connectivity index (χ1n) is 7.33. The van der Waals surface area contributed by atoms with Gasteiger partial charge in [-0.1, -0.05) is 6.07 Å². The van der Waals surface area contributed by atoms with Crippen LogP contribution in [0.5, 0.6) is 5.75 Å². The number of hydrogen-bond donors (Lipinski definition) is 2. The number of carbonyl (C=O) groups excluding carboxylic acids is 1. The van der Waals surface area contributed by atoms with E-state index in [1.165, 1.54) is 12.1 Å². The van der Waals surface area contributed by atoms with Gasteiger partial charge in [-0.3, -0.25) is 4.79 Å². The second-order valence-electron chi connectivity index (χ2n) is 5.44. The fraction of sp³-hybridized carbons (Fsp3) is 0.111. The van der Waals surface area contributed by atoms with Gasteiger partial charge in [0, 0.05) is 11.1 Å². The van der Waals surface area contributed by atoms with E-state index in [9.17, 15) is 9.18 Å². The van der Waals surface area contributed by atoms with Gasteiger partial charge in [-0.2, -0.15) is 4.99 Å². The highest BCUT2D eigenvalue weighted by atomic mass is 19.1. The van der Waals surface area contributed by atoms with Gasteiger partial charge in [0.1, 0.15) is 18.2 Å². The minimum absolute atomic E-state index is 0.291. The lowest BCUT2D eigenvalue weighted by Gasteiger charge is -2.20. The monoisotopic (exact) mass is 325 g/mol. The van der Waals surface area contributed by atoms with Crippen molar-refractivity contribution in [2.75, 3.05) is 6.61 Å². The first-order chi connectivity index (χ1) is 11.5. The van der Waals surface area contributed by atoms with Crippen LogP contribution in [0.4, 0.5) is 4.39 Å². The summed E-state index contributed by atoms with van der Waals surface area (Å²) in [5, 5.41) is 0. The third kappa shape index (κ3) is 2.99. The van der Waals surface area contributed by atoms with E-state index in [0.717, 1.165) is 22.3 Å². The number of hydrogen-bond acceptors (Lipinski definition) is 2. The number of aliphatic imine (C=N–C) groups is 1. The first-order valence-corrected chi connectivity index (χ1v) is 7.33. The SMILES string of the molecule is Cc1cc(F)ccc1C1=CCOc2ccc(C(=O)N=C(N)N)cc21. The van der Waals surface area contributed by atoms with Gasteiger partial charge in [0.25, 0.3) is 5.91 Å². The van der Waals surface area contributed by atoms with Crippen LogP contribution in [0.15, 0.2) is 47.5 Å². The molecule has 3 rings (SSSR count). The van der Waals surface area contributed by atoms with E-state index in [-0.39, 0.29) is 11.8 Å². The second kappa shape index (κ2) is 6.16. The first kappa shape index (κ1) is 15.7. The minimum Gasteiger partial charge on any atom is -0.489 e. The smallest absolute Gasteiger partial charge is 0.280 e. The molecule has 0 atom stereocenters. The number of guanidine groups is 1. The molecule has 0 radical (unpaired) electrons. The Labute approximate surface area is 138 Å². The molecule has 0 spiro atoms. The van der Waals surface area contributed by atoms with E-state index in [1.54, 1.807) is 24.3 Å². The topological polar surface area (TPSA) is 90.7 Å². The third-order valence-corrected chi connectivity index (χ3v) is 3.75. The summed E-state index contributed by atoms with van der Waals surface area (Å²) in [7, 11) is 0. The number of amides is 1. The Morgan fingerprint density at radius 1 is 1.17 bits per heavy atom. The van der Waals surface area contributed by atoms with Gasteiger partial charge in [0.15, 0.2) is 5.96 Å². The standard InChI is InChI=1S/C18H16FN3O2/c1-10-8-12(19)3-4-13(10)14-6-7-24-16-5-2-11(9-15(14)16)17(23)22-18(20)21/h2-6,8-9H,7H2,1H3,(H4,20,21,22,23). The summed E-state index contributed by atoms with van der Waals surface area (Å²) >= 11 is 0. The van der Waals surface area contributed by atoms with Crippen LogP contribution < -0.4 is 16.2 Å². The number of benzene rings is 2. The molecule has 6 heteroatoms. The number of carbonyl (C=O) groups is 1. The number of nitrogens with zero attached hydrogens (tertiary/aromatic N) is 1. The number of rotatable bonds is 2. The van der Waals surface area contributed by atoms with Gasteiger partial charge in [-0.05, 0) is 60.0 Å². The quantitative estimate of drug-likeness (QED) is 0.655. The Morgan fingerprint density at radius 2 is 1.96 bits per heavy atom. The van der Waals surface area contributed by atoms with Crippen molar-refractivity contribution in [3.8, 4) is 5.75 Å². The van der Waals surface area contributed by atoms with Crippen molar-refractivity contribution < 1.29 is 13.9 Å². The van der Waals surface area contributed by atoms with Gasteiger partial charge in [0.05, 0.1) is 0 Å². The summed E-state index contributed by atoms with van der Waals surface area (Å²) in [4.78, 5) is 15.6. The summed E-state index contributed by atoms with van der Waals surface area (Å²) in [6, 6.07) is 9.59. The number of fused-ring (bicyclic) bond motifs is 1. The number of nitrogens with two attached hydrogens (primary N) is 2. The van der Waals surface area contributed by atoms with E-state index in [0.29, 0.717) is 17.9 Å². The highest BCUT2D eigenvalue weighted by Crippen LogP contribution is 2.36. The number of aryl methyl sites for hydroxylation is 1. The van der Waals surface area contributed by atoms with Crippen molar-refractivity contribution in [3.63, 3.8) is 0 Å². The Kier molecular flexibility index (Phi) is 4.04. The van der Waals surface area contributed by atoms with E-state index in [1.807, 2.05) is 13.0 Å². The largest absolute Gasteiger partial charge is 0.489 e. The van der Waals surface area contributed by atoms with Crippen LogP contribution >= 0.6 is 0 Å².